The van der Waals surface area contributed by atoms with Crippen LogP contribution in [-0.4, -0.2) is 67.2 Å². The topological polar surface area (TPSA) is 96.0 Å². The van der Waals surface area contributed by atoms with E-state index >= 15 is 0 Å². The number of rotatable bonds is 9. The van der Waals surface area contributed by atoms with Crippen molar-refractivity contribution < 1.29 is 21.6 Å². The van der Waals surface area contributed by atoms with Gasteiger partial charge in [-0.1, -0.05) is 18.2 Å². The van der Waals surface area contributed by atoms with Crippen LogP contribution in [0.25, 0.3) is 0 Å². The van der Waals surface area contributed by atoms with Gasteiger partial charge in [0.25, 0.3) is 10.0 Å². The van der Waals surface area contributed by atoms with E-state index in [-0.39, 0.29) is 22.4 Å². The lowest BCUT2D eigenvalue weighted by Crippen LogP contribution is -2.43. The Morgan fingerprint density at radius 1 is 0.903 bits per heavy atom. The predicted octanol–water partition coefficient (Wildman–Crippen LogP) is 1.65. The third-order valence-electron chi connectivity index (χ3n) is 5.39. The largest absolute Gasteiger partial charge is 0.379 e. The summed E-state index contributed by atoms with van der Waals surface area (Å²) in [6.07, 6.45) is 1.67. The number of hydrogen-bond acceptors (Lipinski definition) is 6. The molecule has 0 unspecified atom stereocenters. The molecule has 31 heavy (non-hydrogen) atoms. The maximum atomic E-state index is 13.5. The summed E-state index contributed by atoms with van der Waals surface area (Å²) >= 11 is 0. The highest BCUT2D eigenvalue weighted by atomic mass is 32.2. The maximum Gasteiger partial charge on any atom is 0.264 e. The summed E-state index contributed by atoms with van der Waals surface area (Å²) in [5.41, 5.74) is 0.572. The fraction of sp³-hybridized carbons (Fsp3) is 0.429. The van der Waals surface area contributed by atoms with Crippen LogP contribution in [0.1, 0.15) is 12.8 Å². The van der Waals surface area contributed by atoms with Gasteiger partial charge in [0, 0.05) is 32.2 Å². The molecule has 1 heterocycles. The first-order valence-corrected chi connectivity index (χ1v) is 13.3. The molecule has 0 amide bonds. The van der Waals surface area contributed by atoms with Crippen molar-refractivity contribution in [2.45, 2.75) is 28.7 Å². The molecule has 0 radical (unpaired) electrons. The van der Waals surface area contributed by atoms with Crippen molar-refractivity contribution >= 4 is 25.7 Å². The highest BCUT2D eigenvalue weighted by molar-refractivity contribution is 7.92. The second kappa shape index (κ2) is 9.25. The number of para-hydroxylation sites is 1. The number of sulfonamides is 2. The Morgan fingerprint density at radius 2 is 1.52 bits per heavy atom. The number of nitrogens with one attached hydrogen (secondary N) is 1. The lowest BCUT2D eigenvalue weighted by Gasteiger charge is -2.30. The zero-order valence-electron chi connectivity index (χ0n) is 17.2. The van der Waals surface area contributed by atoms with Gasteiger partial charge < -0.3 is 4.74 Å². The summed E-state index contributed by atoms with van der Waals surface area (Å²) in [5.74, 6) is 0. The van der Waals surface area contributed by atoms with Crippen molar-refractivity contribution in [3.05, 3.63) is 54.6 Å². The molecule has 0 spiro atoms. The molecule has 8 nitrogen and oxygen atoms in total. The molecule has 168 valence electrons. The monoisotopic (exact) mass is 465 g/mol. The van der Waals surface area contributed by atoms with Gasteiger partial charge in [0.1, 0.15) is 0 Å². The van der Waals surface area contributed by atoms with E-state index < -0.39 is 20.0 Å². The molecule has 0 bridgehead atoms. The van der Waals surface area contributed by atoms with Crippen LogP contribution in [0.2, 0.25) is 0 Å². The van der Waals surface area contributed by atoms with Crippen LogP contribution in [-0.2, 0) is 24.8 Å². The van der Waals surface area contributed by atoms with Crippen molar-refractivity contribution in [1.29, 1.82) is 0 Å². The Hall–Kier alpha value is -1.98. The van der Waals surface area contributed by atoms with Crippen molar-refractivity contribution in [1.82, 2.24) is 9.62 Å². The quantitative estimate of drug-likeness (QED) is 0.605. The molecule has 2 aromatic carbocycles. The van der Waals surface area contributed by atoms with Gasteiger partial charge in [-0.2, -0.15) is 0 Å². The van der Waals surface area contributed by atoms with E-state index in [0.717, 1.165) is 25.9 Å². The van der Waals surface area contributed by atoms with Crippen molar-refractivity contribution in [2.75, 3.05) is 43.7 Å². The van der Waals surface area contributed by atoms with Crippen LogP contribution in [0.15, 0.2) is 64.4 Å². The molecule has 2 fully saturated rings. The highest BCUT2D eigenvalue weighted by Crippen LogP contribution is 2.26. The Morgan fingerprint density at radius 3 is 2.13 bits per heavy atom. The molecule has 4 rings (SSSR count). The van der Waals surface area contributed by atoms with Gasteiger partial charge in [0.05, 0.1) is 28.7 Å². The molecule has 1 aliphatic carbocycles. The lowest BCUT2D eigenvalue weighted by atomic mass is 10.3. The first-order chi connectivity index (χ1) is 14.9. The van der Waals surface area contributed by atoms with E-state index in [1.54, 1.807) is 24.3 Å². The first-order valence-electron chi connectivity index (χ1n) is 10.4. The highest BCUT2D eigenvalue weighted by Gasteiger charge is 2.29. The second-order valence-corrected chi connectivity index (χ2v) is 11.3. The summed E-state index contributed by atoms with van der Waals surface area (Å²) in [6.45, 7) is 3.68. The molecule has 2 aromatic rings. The molecular formula is C21H27N3O5S2. The van der Waals surface area contributed by atoms with Gasteiger partial charge in [0.2, 0.25) is 10.0 Å². The van der Waals surface area contributed by atoms with Gasteiger partial charge in [-0.15, -0.1) is 0 Å². The SMILES string of the molecule is O=S(=O)(NC1CC1)c1ccc(S(=O)(=O)N(CCN2CCOCC2)c2ccccc2)cc1. The summed E-state index contributed by atoms with van der Waals surface area (Å²) in [7, 11) is -7.50. The second-order valence-electron chi connectivity index (χ2n) is 7.73. The Balaban J connectivity index is 1.57. The predicted molar refractivity (Wildman–Crippen MR) is 118 cm³/mol. The van der Waals surface area contributed by atoms with Crippen molar-refractivity contribution in [2.24, 2.45) is 0 Å². The van der Waals surface area contributed by atoms with Gasteiger partial charge in [0.15, 0.2) is 0 Å². The maximum absolute atomic E-state index is 13.5. The Bertz CT molecular complexity index is 1080. The summed E-state index contributed by atoms with van der Waals surface area (Å²) in [5, 5.41) is 0. The van der Waals surface area contributed by atoms with Crippen LogP contribution in [0.3, 0.4) is 0 Å². The van der Waals surface area contributed by atoms with E-state index in [1.165, 1.54) is 28.6 Å². The third-order valence-corrected chi connectivity index (χ3v) is 8.77. The molecule has 10 heteroatoms. The van der Waals surface area contributed by atoms with E-state index in [9.17, 15) is 16.8 Å². The number of hydrogen-bond donors (Lipinski definition) is 1. The van der Waals surface area contributed by atoms with Gasteiger partial charge in [-0.25, -0.2) is 21.6 Å². The van der Waals surface area contributed by atoms with Crippen molar-refractivity contribution in [3.63, 3.8) is 0 Å². The average molecular weight is 466 g/mol. The minimum Gasteiger partial charge on any atom is -0.379 e. The van der Waals surface area contributed by atoms with Crippen LogP contribution in [0.5, 0.6) is 0 Å². The van der Waals surface area contributed by atoms with E-state index in [2.05, 4.69) is 9.62 Å². The zero-order chi connectivity index (χ0) is 21.9. The fourth-order valence-electron chi connectivity index (χ4n) is 3.45. The standard InChI is InChI=1S/C21H27N3O5S2/c25-30(26,22-18-6-7-18)20-8-10-21(11-9-20)31(27,28)24(19-4-2-1-3-5-19)13-12-23-14-16-29-17-15-23/h1-5,8-11,18,22H,6-7,12-17H2. The number of nitrogens with zero attached hydrogens (tertiary/aromatic N) is 2. The Kier molecular flexibility index (Phi) is 6.63. The molecule has 1 N–H and O–H groups in total. The third kappa shape index (κ3) is 5.45. The minimum absolute atomic E-state index is 0.0119. The molecule has 1 saturated heterocycles. The van der Waals surface area contributed by atoms with E-state index in [0.29, 0.717) is 25.4 Å². The zero-order valence-corrected chi connectivity index (χ0v) is 18.8. The van der Waals surface area contributed by atoms with Crippen LogP contribution < -0.4 is 9.03 Å². The minimum atomic E-state index is -3.87. The number of benzene rings is 2. The molecule has 0 aromatic heterocycles. The number of ether oxygens (including phenoxy) is 1. The molecule has 1 aliphatic heterocycles. The molecular weight excluding hydrogens is 438 g/mol. The summed E-state index contributed by atoms with van der Waals surface area (Å²) in [6, 6.07) is 14.4. The van der Waals surface area contributed by atoms with Crippen LogP contribution >= 0.6 is 0 Å². The molecule has 1 saturated carbocycles. The lowest BCUT2D eigenvalue weighted by molar-refractivity contribution is 0.0395. The van der Waals surface area contributed by atoms with Gasteiger partial charge >= 0.3 is 0 Å². The van der Waals surface area contributed by atoms with Crippen LogP contribution in [0.4, 0.5) is 5.69 Å². The van der Waals surface area contributed by atoms with Gasteiger partial charge in [-0.05, 0) is 49.2 Å². The van der Waals surface area contributed by atoms with Crippen LogP contribution in [0, 0.1) is 0 Å². The first kappa shape index (κ1) is 22.2. The van der Waals surface area contributed by atoms with E-state index in [4.69, 9.17) is 4.74 Å². The Labute approximate surface area is 183 Å². The fourth-order valence-corrected chi connectivity index (χ4v) is 6.21. The number of anilines is 1. The average Bonchev–Trinajstić information content (AvgIpc) is 3.59. The van der Waals surface area contributed by atoms with Gasteiger partial charge in [-0.3, -0.25) is 9.21 Å². The normalized spacial score (nSPS) is 18.1. The summed E-state index contributed by atoms with van der Waals surface area (Å²) < 4.78 is 61.1. The van der Waals surface area contributed by atoms with E-state index in [1.807, 2.05) is 6.07 Å². The number of morpholine rings is 1. The molecule has 0 atom stereocenters. The van der Waals surface area contributed by atoms with Crippen molar-refractivity contribution in [3.8, 4) is 0 Å². The smallest absolute Gasteiger partial charge is 0.264 e. The molecule has 2 aliphatic rings. The summed E-state index contributed by atoms with van der Waals surface area (Å²) in [4.78, 5) is 2.30.